The lowest BCUT2D eigenvalue weighted by Gasteiger charge is -2.35. The zero-order valence-corrected chi connectivity index (χ0v) is 13.7. The van der Waals surface area contributed by atoms with Crippen LogP contribution in [-0.2, 0) is 0 Å². The van der Waals surface area contributed by atoms with Gasteiger partial charge in [-0.1, -0.05) is 30.3 Å². The van der Waals surface area contributed by atoms with Gasteiger partial charge in [-0.05, 0) is 6.07 Å². The Hall–Kier alpha value is -3.22. The topological polar surface area (TPSA) is 78.3 Å². The summed E-state index contributed by atoms with van der Waals surface area (Å²) in [6.07, 6.45) is 3.49. The van der Waals surface area contributed by atoms with Gasteiger partial charge in [0.1, 0.15) is 0 Å². The maximum absolute atomic E-state index is 10.4. The van der Waals surface area contributed by atoms with E-state index in [1.807, 2.05) is 41.3 Å². The highest BCUT2D eigenvalue weighted by atomic mass is 16.3. The molecule has 0 saturated carbocycles. The second kappa shape index (κ2) is 6.72. The fraction of sp³-hybridized carbons (Fsp3) is 0.222. The first-order valence-corrected chi connectivity index (χ1v) is 8.20. The highest BCUT2D eigenvalue weighted by Gasteiger charge is 2.22. The van der Waals surface area contributed by atoms with Gasteiger partial charge in [-0.3, -0.25) is 0 Å². The van der Waals surface area contributed by atoms with Crippen LogP contribution in [-0.4, -0.2) is 51.5 Å². The number of aromatic hydroxyl groups is 1. The number of nitrogens with zero attached hydrogens (tertiary/aromatic N) is 6. The predicted octanol–water partition coefficient (Wildman–Crippen LogP) is 1.97. The molecule has 4 rings (SSSR count). The Bertz CT molecular complexity index is 835. The van der Waals surface area contributed by atoms with Crippen molar-refractivity contribution in [2.75, 3.05) is 36.0 Å². The first-order valence-electron chi connectivity index (χ1n) is 8.20. The molecule has 3 aromatic rings. The minimum atomic E-state index is 0.151. The number of hydrogen-bond donors (Lipinski definition) is 1. The standard InChI is InChI=1S/C18H18N6O/c25-16-13-15(14-5-2-1-3-6-14)21-22-17(16)23-9-11-24(12-10-23)18-19-7-4-8-20-18/h1-8,13H,9-12H2,(H,21,25). The zero-order chi connectivity index (χ0) is 17.1. The summed E-state index contributed by atoms with van der Waals surface area (Å²) in [7, 11) is 0. The van der Waals surface area contributed by atoms with E-state index in [4.69, 9.17) is 0 Å². The number of anilines is 2. The third-order valence-corrected chi connectivity index (χ3v) is 4.24. The lowest BCUT2D eigenvalue weighted by atomic mass is 10.1. The molecule has 0 amide bonds. The van der Waals surface area contributed by atoms with E-state index in [-0.39, 0.29) is 5.75 Å². The first-order chi connectivity index (χ1) is 12.3. The number of aromatic nitrogens is 4. The molecule has 1 aliphatic rings. The number of hydrogen-bond acceptors (Lipinski definition) is 7. The van der Waals surface area contributed by atoms with Crippen molar-refractivity contribution in [3.8, 4) is 17.0 Å². The van der Waals surface area contributed by atoms with E-state index in [1.165, 1.54) is 0 Å². The Kier molecular flexibility index (Phi) is 4.12. The molecule has 0 spiro atoms. The van der Waals surface area contributed by atoms with Gasteiger partial charge in [0, 0.05) is 50.2 Å². The molecule has 2 aromatic heterocycles. The smallest absolute Gasteiger partial charge is 0.225 e. The average molecular weight is 334 g/mol. The molecule has 7 heteroatoms. The molecule has 1 aliphatic heterocycles. The van der Waals surface area contributed by atoms with E-state index < -0.39 is 0 Å². The molecule has 1 fully saturated rings. The van der Waals surface area contributed by atoms with Crippen LogP contribution in [0.3, 0.4) is 0 Å². The van der Waals surface area contributed by atoms with E-state index in [9.17, 15) is 5.11 Å². The van der Waals surface area contributed by atoms with E-state index in [2.05, 4.69) is 25.1 Å². The van der Waals surface area contributed by atoms with Crippen molar-refractivity contribution in [3.05, 3.63) is 54.9 Å². The lowest BCUT2D eigenvalue weighted by molar-refractivity contribution is 0.467. The highest BCUT2D eigenvalue weighted by Crippen LogP contribution is 2.29. The fourth-order valence-electron chi connectivity index (χ4n) is 2.92. The summed E-state index contributed by atoms with van der Waals surface area (Å²) in [5, 5.41) is 18.9. The maximum atomic E-state index is 10.4. The molecule has 0 atom stereocenters. The van der Waals surface area contributed by atoms with Gasteiger partial charge in [0.05, 0.1) is 5.69 Å². The molecule has 0 radical (unpaired) electrons. The molecular weight excluding hydrogens is 316 g/mol. The molecule has 1 aromatic carbocycles. The van der Waals surface area contributed by atoms with Crippen LogP contribution in [0, 0.1) is 0 Å². The summed E-state index contributed by atoms with van der Waals surface area (Å²) in [6.45, 7) is 2.99. The van der Waals surface area contributed by atoms with Crippen molar-refractivity contribution >= 4 is 11.8 Å². The minimum absolute atomic E-state index is 0.151. The SMILES string of the molecule is Oc1cc(-c2ccccc2)nnc1N1CCN(c2ncccn2)CC1. The third-order valence-electron chi connectivity index (χ3n) is 4.24. The van der Waals surface area contributed by atoms with Crippen LogP contribution in [0.2, 0.25) is 0 Å². The van der Waals surface area contributed by atoms with Gasteiger partial charge in [0.15, 0.2) is 11.6 Å². The van der Waals surface area contributed by atoms with Crippen molar-refractivity contribution in [2.24, 2.45) is 0 Å². The van der Waals surface area contributed by atoms with Crippen molar-refractivity contribution < 1.29 is 5.11 Å². The van der Waals surface area contributed by atoms with E-state index >= 15 is 0 Å². The summed E-state index contributed by atoms with van der Waals surface area (Å²) in [4.78, 5) is 12.7. The molecule has 25 heavy (non-hydrogen) atoms. The Labute approximate surface area is 145 Å². The Morgan fingerprint density at radius 2 is 1.48 bits per heavy atom. The number of rotatable bonds is 3. The minimum Gasteiger partial charge on any atom is -0.504 e. The predicted molar refractivity (Wildman–Crippen MR) is 95.6 cm³/mol. The highest BCUT2D eigenvalue weighted by molar-refractivity contribution is 5.64. The number of benzene rings is 1. The van der Waals surface area contributed by atoms with Crippen molar-refractivity contribution in [2.45, 2.75) is 0 Å². The van der Waals surface area contributed by atoms with Gasteiger partial charge in [-0.15, -0.1) is 10.2 Å². The summed E-state index contributed by atoms with van der Waals surface area (Å²) >= 11 is 0. The molecular formula is C18H18N6O. The second-order valence-corrected chi connectivity index (χ2v) is 5.83. The largest absolute Gasteiger partial charge is 0.504 e. The summed E-state index contributed by atoms with van der Waals surface area (Å²) in [6, 6.07) is 13.2. The van der Waals surface area contributed by atoms with Crippen molar-refractivity contribution in [3.63, 3.8) is 0 Å². The number of piperazine rings is 1. The van der Waals surface area contributed by atoms with E-state index in [1.54, 1.807) is 18.5 Å². The molecule has 0 bridgehead atoms. The van der Waals surface area contributed by atoms with Crippen LogP contribution >= 0.6 is 0 Å². The van der Waals surface area contributed by atoms with Gasteiger partial charge in [-0.25, -0.2) is 9.97 Å². The molecule has 3 heterocycles. The van der Waals surface area contributed by atoms with Crippen molar-refractivity contribution in [1.29, 1.82) is 0 Å². The lowest BCUT2D eigenvalue weighted by Crippen LogP contribution is -2.47. The van der Waals surface area contributed by atoms with Crippen LogP contribution in [0.5, 0.6) is 5.75 Å². The van der Waals surface area contributed by atoms with E-state index in [0.717, 1.165) is 37.7 Å². The van der Waals surface area contributed by atoms with Crippen LogP contribution in [0.15, 0.2) is 54.9 Å². The zero-order valence-electron chi connectivity index (χ0n) is 13.7. The maximum Gasteiger partial charge on any atom is 0.225 e. The quantitative estimate of drug-likeness (QED) is 0.784. The molecule has 7 nitrogen and oxygen atoms in total. The second-order valence-electron chi connectivity index (χ2n) is 5.83. The third kappa shape index (κ3) is 3.21. The molecule has 0 unspecified atom stereocenters. The normalized spacial score (nSPS) is 14.6. The molecule has 126 valence electrons. The van der Waals surface area contributed by atoms with Crippen molar-refractivity contribution in [1.82, 2.24) is 20.2 Å². The van der Waals surface area contributed by atoms with Crippen LogP contribution < -0.4 is 9.80 Å². The monoisotopic (exact) mass is 334 g/mol. The van der Waals surface area contributed by atoms with Crippen LogP contribution in [0.25, 0.3) is 11.3 Å². The Morgan fingerprint density at radius 3 is 2.16 bits per heavy atom. The van der Waals surface area contributed by atoms with Gasteiger partial charge < -0.3 is 14.9 Å². The Morgan fingerprint density at radius 1 is 0.800 bits per heavy atom. The fourth-order valence-corrected chi connectivity index (χ4v) is 2.92. The molecule has 0 aliphatic carbocycles. The molecule has 1 saturated heterocycles. The summed E-state index contributed by atoms with van der Waals surface area (Å²) < 4.78 is 0. The molecule has 1 N–H and O–H groups in total. The average Bonchev–Trinajstić information content (AvgIpc) is 2.69. The van der Waals surface area contributed by atoms with Crippen LogP contribution in [0.4, 0.5) is 11.8 Å². The Balaban J connectivity index is 1.48. The summed E-state index contributed by atoms with van der Waals surface area (Å²) in [5.41, 5.74) is 1.60. The van der Waals surface area contributed by atoms with Gasteiger partial charge in [0.2, 0.25) is 5.95 Å². The van der Waals surface area contributed by atoms with Crippen LogP contribution in [0.1, 0.15) is 0 Å². The summed E-state index contributed by atoms with van der Waals surface area (Å²) in [5.74, 6) is 1.41. The van der Waals surface area contributed by atoms with Gasteiger partial charge in [0.25, 0.3) is 0 Å². The van der Waals surface area contributed by atoms with Gasteiger partial charge in [-0.2, -0.15) is 0 Å². The first kappa shape index (κ1) is 15.3. The van der Waals surface area contributed by atoms with E-state index in [0.29, 0.717) is 11.5 Å². The van der Waals surface area contributed by atoms with Gasteiger partial charge >= 0.3 is 0 Å².